The Balaban J connectivity index is 1.76. The number of aromatic nitrogens is 3. The monoisotopic (exact) mass is 356 g/mol. The molecule has 0 bridgehead atoms. The Morgan fingerprint density at radius 1 is 1.46 bits per heavy atom. The number of hydrogen-bond donors (Lipinski definition) is 2. The minimum Gasteiger partial charge on any atom is -0.386 e. The Hall–Kier alpha value is -2.40. The average molecular weight is 356 g/mol. The highest BCUT2D eigenvalue weighted by Crippen LogP contribution is 2.20. The topological polar surface area (TPSA) is 138 Å². The first-order valence-corrected chi connectivity index (χ1v) is 9.19. The minimum absolute atomic E-state index is 0.0784. The van der Waals surface area contributed by atoms with Crippen molar-refractivity contribution in [1.82, 2.24) is 19.8 Å². The Bertz CT molecular complexity index is 924. The van der Waals surface area contributed by atoms with Crippen LogP contribution in [-0.2, 0) is 22.9 Å². The van der Waals surface area contributed by atoms with E-state index >= 15 is 0 Å². The van der Waals surface area contributed by atoms with Crippen LogP contribution in [0.15, 0.2) is 21.5 Å². The SMILES string of the molecule is CS(=O)(=O)CC(O)c1cc2n(n1)CCN(C(=O)c1cc(=O)[nH]o1)C2. The molecule has 1 amide bonds. The maximum Gasteiger partial charge on any atom is 0.292 e. The highest BCUT2D eigenvalue weighted by Gasteiger charge is 2.27. The highest BCUT2D eigenvalue weighted by atomic mass is 32.2. The van der Waals surface area contributed by atoms with Gasteiger partial charge in [0, 0.05) is 12.8 Å². The van der Waals surface area contributed by atoms with Gasteiger partial charge in [-0.05, 0) is 6.07 Å². The predicted octanol–water partition coefficient (Wildman–Crippen LogP) is -1.10. The molecule has 0 aromatic carbocycles. The smallest absolute Gasteiger partial charge is 0.292 e. The summed E-state index contributed by atoms with van der Waals surface area (Å²) in [6, 6.07) is 2.65. The molecule has 2 aromatic heterocycles. The van der Waals surface area contributed by atoms with Gasteiger partial charge in [0.2, 0.25) is 5.76 Å². The standard InChI is InChI=1S/C13H16N4O6S/c1-24(21,22)7-10(18)9-4-8-6-16(2-3-17(8)14-9)13(20)11-5-12(19)15-23-11/h4-5,10,18H,2-3,6-7H2,1H3,(H,15,19). The van der Waals surface area contributed by atoms with E-state index in [0.717, 1.165) is 12.3 Å². The molecule has 1 aliphatic heterocycles. The first-order valence-electron chi connectivity index (χ1n) is 7.13. The van der Waals surface area contributed by atoms with Crippen LogP contribution < -0.4 is 5.56 Å². The van der Waals surface area contributed by atoms with Crippen molar-refractivity contribution in [2.45, 2.75) is 19.2 Å². The van der Waals surface area contributed by atoms with Crippen LogP contribution in [0, 0.1) is 0 Å². The van der Waals surface area contributed by atoms with Crippen LogP contribution in [0.3, 0.4) is 0 Å². The van der Waals surface area contributed by atoms with Crippen LogP contribution in [0.2, 0.25) is 0 Å². The number of aromatic amines is 1. The van der Waals surface area contributed by atoms with E-state index in [9.17, 15) is 23.1 Å². The molecule has 0 aliphatic carbocycles. The molecule has 2 aromatic rings. The quantitative estimate of drug-likeness (QED) is 0.709. The van der Waals surface area contributed by atoms with Gasteiger partial charge in [-0.1, -0.05) is 0 Å². The van der Waals surface area contributed by atoms with Crippen molar-refractivity contribution in [2.75, 3.05) is 18.6 Å². The summed E-state index contributed by atoms with van der Waals surface area (Å²) in [6.45, 7) is 0.956. The molecule has 130 valence electrons. The van der Waals surface area contributed by atoms with E-state index in [4.69, 9.17) is 4.52 Å². The second-order valence-electron chi connectivity index (χ2n) is 5.70. The van der Waals surface area contributed by atoms with Gasteiger partial charge in [-0.15, -0.1) is 0 Å². The second kappa shape index (κ2) is 5.91. The lowest BCUT2D eigenvalue weighted by Crippen LogP contribution is -2.38. The van der Waals surface area contributed by atoms with Crippen molar-refractivity contribution in [3.63, 3.8) is 0 Å². The number of hydrogen-bond acceptors (Lipinski definition) is 7. The normalized spacial score (nSPS) is 16.0. The van der Waals surface area contributed by atoms with Crippen molar-refractivity contribution in [3.05, 3.63) is 39.6 Å². The summed E-state index contributed by atoms with van der Waals surface area (Å²) in [6.07, 6.45) is -0.179. The van der Waals surface area contributed by atoms with Crippen molar-refractivity contribution < 1.29 is 22.8 Å². The summed E-state index contributed by atoms with van der Waals surface area (Å²) in [5.74, 6) is -0.926. The Labute approximate surface area is 136 Å². The maximum atomic E-state index is 12.3. The van der Waals surface area contributed by atoms with Crippen molar-refractivity contribution in [1.29, 1.82) is 0 Å². The first kappa shape index (κ1) is 16.5. The number of rotatable bonds is 4. The van der Waals surface area contributed by atoms with Crippen LogP contribution in [-0.4, -0.2) is 57.8 Å². The molecule has 1 unspecified atom stereocenters. The number of amides is 1. The summed E-state index contributed by atoms with van der Waals surface area (Å²) in [7, 11) is -3.34. The zero-order valence-electron chi connectivity index (χ0n) is 12.8. The second-order valence-corrected chi connectivity index (χ2v) is 7.88. The minimum atomic E-state index is -3.34. The van der Waals surface area contributed by atoms with Crippen molar-refractivity contribution in [2.24, 2.45) is 0 Å². The molecule has 24 heavy (non-hydrogen) atoms. The molecule has 0 spiro atoms. The molecule has 0 saturated carbocycles. The number of carbonyl (C=O) groups is 1. The molecular formula is C13H16N4O6S. The van der Waals surface area contributed by atoms with Crippen LogP contribution in [0.4, 0.5) is 0 Å². The number of nitrogens with zero attached hydrogens (tertiary/aromatic N) is 3. The van der Waals surface area contributed by atoms with E-state index in [1.165, 1.54) is 4.90 Å². The molecule has 3 heterocycles. The molecule has 1 aliphatic rings. The van der Waals surface area contributed by atoms with Crippen molar-refractivity contribution >= 4 is 15.7 Å². The van der Waals surface area contributed by atoms with Gasteiger partial charge in [0.25, 0.3) is 11.5 Å². The lowest BCUT2D eigenvalue weighted by molar-refractivity contribution is 0.0663. The van der Waals surface area contributed by atoms with Gasteiger partial charge >= 0.3 is 0 Å². The zero-order valence-corrected chi connectivity index (χ0v) is 13.6. The van der Waals surface area contributed by atoms with E-state index in [1.54, 1.807) is 10.7 Å². The predicted molar refractivity (Wildman–Crippen MR) is 81.0 cm³/mol. The zero-order chi connectivity index (χ0) is 17.5. The molecule has 1 atom stereocenters. The summed E-state index contributed by atoms with van der Waals surface area (Å²) in [5, 5.41) is 16.2. The number of carbonyl (C=O) groups excluding carboxylic acids is 1. The molecule has 0 fully saturated rings. The van der Waals surface area contributed by atoms with E-state index < -0.39 is 33.2 Å². The fourth-order valence-corrected chi connectivity index (χ4v) is 3.29. The van der Waals surface area contributed by atoms with Crippen LogP contribution in [0.25, 0.3) is 0 Å². The number of fused-ring (bicyclic) bond motifs is 1. The van der Waals surface area contributed by atoms with Crippen molar-refractivity contribution in [3.8, 4) is 0 Å². The number of H-pyrrole nitrogens is 1. The third kappa shape index (κ3) is 3.41. The number of nitrogens with one attached hydrogen (secondary N) is 1. The lowest BCUT2D eigenvalue weighted by atomic mass is 10.2. The molecule has 10 nitrogen and oxygen atoms in total. The molecular weight excluding hydrogens is 340 g/mol. The first-order chi connectivity index (χ1) is 11.2. The van der Waals surface area contributed by atoms with Gasteiger partial charge in [0.15, 0.2) is 0 Å². The largest absolute Gasteiger partial charge is 0.386 e. The van der Waals surface area contributed by atoms with E-state index in [1.807, 2.05) is 0 Å². The Morgan fingerprint density at radius 3 is 2.83 bits per heavy atom. The third-order valence-electron chi connectivity index (χ3n) is 3.64. The summed E-state index contributed by atoms with van der Waals surface area (Å²) in [4.78, 5) is 24.8. The van der Waals surface area contributed by atoms with Crippen LogP contribution in [0.1, 0.15) is 28.0 Å². The Kier molecular flexibility index (Phi) is 4.05. The van der Waals surface area contributed by atoms with Crippen LogP contribution in [0.5, 0.6) is 0 Å². The number of aliphatic hydroxyl groups is 1. The van der Waals surface area contributed by atoms with Crippen LogP contribution >= 0.6 is 0 Å². The van der Waals surface area contributed by atoms with E-state index in [-0.39, 0.29) is 18.0 Å². The Morgan fingerprint density at radius 2 is 2.21 bits per heavy atom. The summed E-state index contributed by atoms with van der Waals surface area (Å²) >= 11 is 0. The summed E-state index contributed by atoms with van der Waals surface area (Å²) in [5.41, 5.74) is 0.416. The van der Waals surface area contributed by atoms with Gasteiger partial charge in [-0.3, -0.25) is 14.3 Å². The molecule has 2 N–H and O–H groups in total. The molecule has 3 rings (SSSR count). The molecule has 11 heteroatoms. The van der Waals surface area contributed by atoms with Gasteiger partial charge in [0.05, 0.1) is 36.3 Å². The van der Waals surface area contributed by atoms with Gasteiger partial charge < -0.3 is 14.5 Å². The number of aliphatic hydroxyl groups excluding tert-OH is 1. The average Bonchev–Trinajstić information content (AvgIpc) is 3.09. The van der Waals surface area contributed by atoms with E-state index in [0.29, 0.717) is 18.8 Å². The van der Waals surface area contributed by atoms with Gasteiger partial charge in [0.1, 0.15) is 15.9 Å². The fourth-order valence-electron chi connectivity index (χ4n) is 2.54. The van der Waals surface area contributed by atoms with Gasteiger partial charge in [-0.25, -0.2) is 8.42 Å². The molecule has 0 saturated heterocycles. The third-order valence-corrected chi connectivity index (χ3v) is 4.56. The number of sulfone groups is 1. The summed E-state index contributed by atoms with van der Waals surface area (Å²) < 4.78 is 29.0. The maximum absolute atomic E-state index is 12.3. The van der Waals surface area contributed by atoms with Gasteiger partial charge in [-0.2, -0.15) is 10.3 Å². The van der Waals surface area contributed by atoms with E-state index in [2.05, 4.69) is 10.3 Å². The fraction of sp³-hybridized carbons (Fsp3) is 0.462. The lowest BCUT2D eigenvalue weighted by Gasteiger charge is -2.26. The highest BCUT2D eigenvalue weighted by molar-refractivity contribution is 7.90. The molecule has 0 radical (unpaired) electrons.